The zero-order valence-electron chi connectivity index (χ0n) is 15.2. The van der Waals surface area contributed by atoms with Crippen molar-refractivity contribution in [3.8, 4) is 11.8 Å². The second kappa shape index (κ2) is 7.99. The van der Waals surface area contributed by atoms with Gasteiger partial charge in [-0.05, 0) is 13.0 Å². The normalized spacial score (nSPS) is 16.4. The van der Waals surface area contributed by atoms with E-state index in [9.17, 15) is 4.79 Å². The molecule has 1 N–H and O–H groups in total. The molecule has 1 amide bonds. The van der Waals surface area contributed by atoms with Gasteiger partial charge >= 0.3 is 6.01 Å². The van der Waals surface area contributed by atoms with Crippen LogP contribution in [0.25, 0.3) is 0 Å². The van der Waals surface area contributed by atoms with E-state index < -0.39 is 0 Å². The maximum atomic E-state index is 11.2. The Bertz CT molecular complexity index is 783. The first-order valence-corrected chi connectivity index (χ1v) is 8.53. The Labute approximate surface area is 152 Å². The summed E-state index contributed by atoms with van der Waals surface area (Å²) in [6.45, 7) is 5.39. The lowest BCUT2D eigenvalue weighted by Crippen LogP contribution is -2.26. The number of ether oxygens (including phenoxy) is 2. The fourth-order valence-corrected chi connectivity index (χ4v) is 2.87. The Morgan fingerprint density at radius 2 is 2.27 bits per heavy atom. The number of rotatable bonds is 6. The SMILES string of the molecule is COc1nc(C)cc(N2CC[C@H](Oc3cnccc3CNC(C)=O)C2)n1. The van der Waals surface area contributed by atoms with E-state index in [2.05, 4.69) is 25.2 Å². The van der Waals surface area contributed by atoms with Gasteiger partial charge in [0.25, 0.3) is 0 Å². The van der Waals surface area contributed by atoms with E-state index >= 15 is 0 Å². The van der Waals surface area contributed by atoms with E-state index in [0.717, 1.165) is 30.0 Å². The Balaban J connectivity index is 1.67. The van der Waals surface area contributed by atoms with Crippen LogP contribution >= 0.6 is 0 Å². The third kappa shape index (κ3) is 4.38. The van der Waals surface area contributed by atoms with E-state index in [4.69, 9.17) is 9.47 Å². The number of amides is 1. The lowest BCUT2D eigenvalue weighted by atomic mass is 10.2. The molecule has 1 aliphatic heterocycles. The average Bonchev–Trinajstić information content (AvgIpc) is 3.09. The van der Waals surface area contributed by atoms with Gasteiger partial charge in [0, 0.05) is 50.0 Å². The quantitative estimate of drug-likeness (QED) is 0.837. The van der Waals surface area contributed by atoms with E-state index in [1.165, 1.54) is 6.92 Å². The summed E-state index contributed by atoms with van der Waals surface area (Å²) >= 11 is 0. The smallest absolute Gasteiger partial charge is 0.318 e. The summed E-state index contributed by atoms with van der Waals surface area (Å²) in [5, 5.41) is 2.79. The molecule has 8 heteroatoms. The predicted molar refractivity (Wildman–Crippen MR) is 96.3 cm³/mol. The fourth-order valence-electron chi connectivity index (χ4n) is 2.87. The summed E-state index contributed by atoms with van der Waals surface area (Å²) < 4.78 is 11.3. The summed E-state index contributed by atoms with van der Waals surface area (Å²) in [6, 6.07) is 4.17. The second-order valence-corrected chi connectivity index (χ2v) is 6.22. The molecule has 2 aromatic rings. The van der Waals surface area contributed by atoms with E-state index in [1.54, 1.807) is 19.5 Å². The molecular formula is C18H23N5O3. The molecule has 138 valence electrons. The third-order valence-electron chi connectivity index (χ3n) is 4.16. The monoisotopic (exact) mass is 357 g/mol. The minimum atomic E-state index is -0.0760. The molecule has 1 atom stereocenters. The highest BCUT2D eigenvalue weighted by molar-refractivity contribution is 5.72. The van der Waals surface area contributed by atoms with Gasteiger partial charge in [-0.2, -0.15) is 4.98 Å². The molecule has 1 aliphatic rings. The van der Waals surface area contributed by atoms with Crippen molar-refractivity contribution < 1.29 is 14.3 Å². The van der Waals surface area contributed by atoms with Crippen LogP contribution in [0.3, 0.4) is 0 Å². The molecule has 0 spiro atoms. The number of pyridine rings is 1. The van der Waals surface area contributed by atoms with Gasteiger partial charge < -0.3 is 19.7 Å². The van der Waals surface area contributed by atoms with E-state index in [1.807, 2.05) is 19.1 Å². The molecule has 0 radical (unpaired) electrons. The Kier molecular flexibility index (Phi) is 5.50. The third-order valence-corrected chi connectivity index (χ3v) is 4.16. The summed E-state index contributed by atoms with van der Waals surface area (Å²) in [6.07, 6.45) is 4.29. The van der Waals surface area contributed by atoms with Gasteiger partial charge in [-0.25, -0.2) is 4.98 Å². The molecule has 0 unspecified atom stereocenters. The number of nitrogens with zero attached hydrogens (tertiary/aromatic N) is 4. The summed E-state index contributed by atoms with van der Waals surface area (Å²) in [5.74, 6) is 1.46. The minimum absolute atomic E-state index is 0.0246. The van der Waals surface area contributed by atoms with Crippen LogP contribution < -0.4 is 19.7 Å². The number of anilines is 1. The molecule has 0 aliphatic carbocycles. The lowest BCUT2D eigenvalue weighted by Gasteiger charge is -2.19. The summed E-state index contributed by atoms with van der Waals surface area (Å²) in [7, 11) is 1.56. The first-order valence-electron chi connectivity index (χ1n) is 8.53. The van der Waals surface area contributed by atoms with Crippen LogP contribution in [-0.2, 0) is 11.3 Å². The number of carbonyl (C=O) groups is 1. The van der Waals surface area contributed by atoms with Gasteiger partial charge in [0.05, 0.1) is 19.9 Å². The second-order valence-electron chi connectivity index (χ2n) is 6.22. The standard InChI is InChI=1S/C18H23N5O3/c1-12-8-17(22-18(21-12)25-3)23-7-5-15(11-23)26-16-10-19-6-4-14(16)9-20-13(2)24/h4,6,8,10,15H,5,7,9,11H2,1-3H3,(H,20,24)/t15-/m0/s1. The van der Waals surface area contributed by atoms with Crippen molar-refractivity contribution in [2.45, 2.75) is 32.9 Å². The van der Waals surface area contributed by atoms with Gasteiger partial charge in [-0.15, -0.1) is 0 Å². The topological polar surface area (TPSA) is 89.5 Å². The molecule has 26 heavy (non-hydrogen) atoms. The van der Waals surface area contributed by atoms with Crippen LogP contribution in [0, 0.1) is 6.92 Å². The van der Waals surface area contributed by atoms with Crippen LogP contribution in [0.5, 0.6) is 11.8 Å². The fraction of sp³-hybridized carbons (Fsp3) is 0.444. The van der Waals surface area contributed by atoms with Gasteiger partial charge in [-0.1, -0.05) is 0 Å². The Hall–Kier alpha value is -2.90. The minimum Gasteiger partial charge on any atom is -0.487 e. The molecule has 0 saturated carbocycles. The number of methoxy groups -OCH3 is 1. The molecule has 0 bridgehead atoms. The van der Waals surface area contributed by atoms with Crippen molar-refractivity contribution in [3.05, 3.63) is 35.8 Å². The molecular weight excluding hydrogens is 334 g/mol. The zero-order chi connectivity index (χ0) is 18.5. The molecule has 2 aromatic heterocycles. The lowest BCUT2D eigenvalue weighted by molar-refractivity contribution is -0.119. The molecule has 0 aromatic carbocycles. The van der Waals surface area contributed by atoms with E-state index in [0.29, 0.717) is 24.8 Å². The van der Waals surface area contributed by atoms with E-state index in [-0.39, 0.29) is 12.0 Å². The molecule has 8 nitrogen and oxygen atoms in total. The van der Waals surface area contributed by atoms with Crippen LogP contribution in [-0.4, -0.2) is 47.2 Å². The summed E-state index contributed by atoms with van der Waals surface area (Å²) in [4.78, 5) is 26.1. The number of hydrogen-bond acceptors (Lipinski definition) is 7. The maximum absolute atomic E-state index is 11.2. The highest BCUT2D eigenvalue weighted by Gasteiger charge is 2.26. The zero-order valence-corrected chi connectivity index (χ0v) is 15.2. The van der Waals surface area contributed by atoms with Crippen molar-refractivity contribution in [3.63, 3.8) is 0 Å². The van der Waals surface area contributed by atoms with Crippen molar-refractivity contribution in [1.82, 2.24) is 20.3 Å². The van der Waals surface area contributed by atoms with Crippen LogP contribution in [0.4, 0.5) is 5.82 Å². The molecule has 1 fully saturated rings. The highest BCUT2D eigenvalue weighted by atomic mass is 16.5. The van der Waals surface area contributed by atoms with Gasteiger partial charge in [0.1, 0.15) is 17.7 Å². The van der Waals surface area contributed by atoms with Crippen molar-refractivity contribution in [2.75, 3.05) is 25.1 Å². The number of hydrogen-bond donors (Lipinski definition) is 1. The largest absolute Gasteiger partial charge is 0.487 e. The number of carbonyl (C=O) groups excluding carboxylic acids is 1. The van der Waals surface area contributed by atoms with Gasteiger partial charge in [0.2, 0.25) is 5.91 Å². The predicted octanol–water partition coefficient (Wildman–Crippen LogP) is 1.48. The Morgan fingerprint density at radius 3 is 3.04 bits per heavy atom. The van der Waals surface area contributed by atoms with Crippen LogP contribution in [0.15, 0.2) is 24.5 Å². The number of aromatic nitrogens is 3. The highest BCUT2D eigenvalue weighted by Crippen LogP contribution is 2.25. The molecule has 3 rings (SSSR count). The average molecular weight is 357 g/mol. The number of nitrogens with one attached hydrogen (secondary N) is 1. The summed E-state index contributed by atoms with van der Waals surface area (Å²) in [5.41, 5.74) is 1.77. The molecule has 3 heterocycles. The van der Waals surface area contributed by atoms with Crippen LogP contribution in [0.1, 0.15) is 24.6 Å². The first-order chi connectivity index (χ1) is 12.5. The van der Waals surface area contributed by atoms with Crippen molar-refractivity contribution in [2.24, 2.45) is 0 Å². The van der Waals surface area contributed by atoms with Crippen LogP contribution in [0.2, 0.25) is 0 Å². The van der Waals surface area contributed by atoms with Gasteiger partial charge in [0.15, 0.2) is 0 Å². The number of aryl methyl sites for hydroxylation is 1. The van der Waals surface area contributed by atoms with Crippen molar-refractivity contribution >= 4 is 11.7 Å². The van der Waals surface area contributed by atoms with Gasteiger partial charge in [-0.3, -0.25) is 9.78 Å². The molecule has 1 saturated heterocycles. The van der Waals surface area contributed by atoms with Crippen molar-refractivity contribution in [1.29, 1.82) is 0 Å². The Morgan fingerprint density at radius 1 is 1.42 bits per heavy atom. The maximum Gasteiger partial charge on any atom is 0.318 e. The first kappa shape index (κ1) is 17.9.